The number of amidine groups is 1. The molecule has 4 heteroatoms. The first-order chi connectivity index (χ1) is 6.86. The third kappa shape index (κ3) is 4.01. The zero-order valence-electron chi connectivity index (χ0n) is 8.62. The van der Waals surface area contributed by atoms with Crippen LogP contribution in [0.5, 0.6) is 0 Å². The topological polar surface area (TPSA) is 48.2 Å². The van der Waals surface area contributed by atoms with Crippen LogP contribution in [0.1, 0.15) is 38.5 Å². The average Bonchev–Trinajstić information content (AvgIpc) is 2.45. The van der Waals surface area contributed by atoms with E-state index in [0.717, 1.165) is 5.17 Å². The van der Waals surface area contributed by atoms with E-state index in [0.29, 0.717) is 6.04 Å². The van der Waals surface area contributed by atoms with Crippen molar-refractivity contribution in [1.82, 2.24) is 5.32 Å². The molecule has 0 amide bonds. The summed E-state index contributed by atoms with van der Waals surface area (Å²) >= 11 is 1.51. The van der Waals surface area contributed by atoms with Gasteiger partial charge >= 0.3 is 0 Å². The molecule has 0 heterocycles. The number of aliphatic imine (C=N–C) groups is 1. The molecule has 0 spiro atoms. The second-order valence-electron chi connectivity index (χ2n) is 3.52. The molecule has 3 nitrogen and oxygen atoms in total. The van der Waals surface area contributed by atoms with Crippen LogP contribution in [0.15, 0.2) is 4.99 Å². The molecule has 78 valence electrons. The van der Waals surface area contributed by atoms with Gasteiger partial charge in [0.2, 0.25) is 0 Å². The maximum absolute atomic E-state index is 8.50. The molecule has 0 aromatic rings. The van der Waals surface area contributed by atoms with Gasteiger partial charge in [-0.05, 0) is 19.1 Å². The first kappa shape index (κ1) is 11.4. The van der Waals surface area contributed by atoms with E-state index in [1.165, 1.54) is 50.3 Å². The molecular formula is C10H17N3S. The van der Waals surface area contributed by atoms with Crippen LogP contribution in [-0.2, 0) is 0 Å². The summed E-state index contributed by atoms with van der Waals surface area (Å²) in [6.45, 7) is 0. The zero-order chi connectivity index (χ0) is 10.2. The van der Waals surface area contributed by atoms with Gasteiger partial charge in [-0.25, -0.2) is 0 Å². The lowest BCUT2D eigenvalue weighted by atomic mass is 10.1. The Morgan fingerprint density at radius 1 is 1.36 bits per heavy atom. The van der Waals surface area contributed by atoms with Gasteiger partial charge < -0.3 is 0 Å². The molecule has 0 aromatic heterocycles. The van der Waals surface area contributed by atoms with Gasteiger partial charge in [-0.15, -0.1) is 0 Å². The Kier molecular flexibility index (Phi) is 5.46. The fourth-order valence-electron chi connectivity index (χ4n) is 1.74. The maximum Gasteiger partial charge on any atom is 0.183 e. The van der Waals surface area contributed by atoms with Gasteiger partial charge in [-0.1, -0.05) is 37.4 Å². The van der Waals surface area contributed by atoms with E-state index < -0.39 is 0 Å². The van der Waals surface area contributed by atoms with E-state index in [9.17, 15) is 0 Å². The monoisotopic (exact) mass is 211 g/mol. The minimum Gasteiger partial charge on any atom is -0.272 e. The Morgan fingerprint density at radius 3 is 2.50 bits per heavy atom. The van der Waals surface area contributed by atoms with Crippen LogP contribution in [0.25, 0.3) is 0 Å². The number of nitrogens with one attached hydrogen (secondary N) is 1. The molecule has 1 fully saturated rings. The molecule has 0 aromatic carbocycles. The lowest BCUT2D eigenvalue weighted by Gasteiger charge is -2.09. The first-order valence-corrected chi connectivity index (χ1v) is 6.36. The molecule has 1 saturated carbocycles. The van der Waals surface area contributed by atoms with E-state index in [1.807, 2.05) is 12.4 Å². The van der Waals surface area contributed by atoms with Crippen LogP contribution in [-0.4, -0.2) is 17.5 Å². The summed E-state index contributed by atoms with van der Waals surface area (Å²) in [7, 11) is 0. The van der Waals surface area contributed by atoms with Gasteiger partial charge in [-0.2, -0.15) is 5.26 Å². The van der Waals surface area contributed by atoms with Crippen LogP contribution in [0.2, 0.25) is 0 Å². The molecule has 1 N–H and O–H groups in total. The molecule has 0 bridgehead atoms. The summed E-state index contributed by atoms with van der Waals surface area (Å²) in [4.78, 5) is 4.55. The normalized spacial score (nSPS) is 19.9. The number of hydrogen-bond acceptors (Lipinski definition) is 3. The van der Waals surface area contributed by atoms with E-state index in [4.69, 9.17) is 5.26 Å². The van der Waals surface area contributed by atoms with Crippen molar-refractivity contribution in [2.75, 3.05) is 6.26 Å². The smallest absolute Gasteiger partial charge is 0.183 e. The number of rotatable bonds is 1. The molecule has 14 heavy (non-hydrogen) atoms. The van der Waals surface area contributed by atoms with Crippen molar-refractivity contribution in [3.8, 4) is 6.19 Å². The average molecular weight is 211 g/mol. The second-order valence-corrected chi connectivity index (χ2v) is 4.32. The standard InChI is InChI=1S/C10H17N3S/c1-14-10(12-8-11)13-9-6-4-2-3-5-7-9/h9H,2-7H2,1H3,(H,12,13). The first-order valence-electron chi connectivity index (χ1n) is 5.13. The van der Waals surface area contributed by atoms with Crippen LogP contribution in [0, 0.1) is 11.5 Å². The summed E-state index contributed by atoms with van der Waals surface area (Å²) in [5, 5.41) is 11.9. The highest BCUT2D eigenvalue weighted by atomic mass is 32.2. The third-order valence-electron chi connectivity index (χ3n) is 2.48. The number of thioether (sulfide) groups is 1. The minimum absolute atomic E-state index is 0.431. The zero-order valence-corrected chi connectivity index (χ0v) is 9.44. The summed E-state index contributed by atoms with van der Waals surface area (Å²) < 4.78 is 0. The van der Waals surface area contributed by atoms with E-state index in [-0.39, 0.29) is 0 Å². The van der Waals surface area contributed by atoms with Crippen molar-refractivity contribution in [1.29, 1.82) is 5.26 Å². The molecule has 0 unspecified atom stereocenters. The van der Waals surface area contributed by atoms with E-state index in [1.54, 1.807) is 0 Å². The highest BCUT2D eigenvalue weighted by molar-refractivity contribution is 8.13. The van der Waals surface area contributed by atoms with Gasteiger partial charge in [0.25, 0.3) is 0 Å². The Bertz CT molecular complexity index is 224. The van der Waals surface area contributed by atoms with Crippen LogP contribution >= 0.6 is 11.8 Å². The van der Waals surface area contributed by atoms with E-state index >= 15 is 0 Å². The van der Waals surface area contributed by atoms with Crippen molar-refractivity contribution in [2.24, 2.45) is 4.99 Å². The molecule has 1 aliphatic carbocycles. The largest absolute Gasteiger partial charge is 0.272 e. The number of hydrogen-bond donors (Lipinski definition) is 1. The lowest BCUT2D eigenvalue weighted by molar-refractivity contribution is 0.586. The molecule has 0 atom stereocenters. The molecule has 1 rings (SSSR count). The molecule has 0 radical (unpaired) electrons. The van der Waals surface area contributed by atoms with Gasteiger partial charge in [-0.3, -0.25) is 10.3 Å². The van der Waals surface area contributed by atoms with Gasteiger partial charge in [0.1, 0.15) is 0 Å². The predicted molar refractivity (Wildman–Crippen MR) is 61.2 cm³/mol. The van der Waals surface area contributed by atoms with Crippen molar-refractivity contribution in [3.63, 3.8) is 0 Å². The van der Waals surface area contributed by atoms with Crippen LogP contribution < -0.4 is 5.32 Å². The summed E-state index contributed by atoms with van der Waals surface area (Å²) in [6.07, 6.45) is 11.5. The van der Waals surface area contributed by atoms with Crippen molar-refractivity contribution in [2.45, 2.75) is 44.6 Å². The van der Waals surface area contributed by atoms with Crippen molar-refractivity contribution in [3.05, 3.63) is 0 Å². The molecule has 0 aliphatic heterocycles. The van der Waals surface area contributed by atoms with Crippen molar-refractivity contribution >= 4 is 16.9 Å². The predicted octanol–water partition coefficient (Wildman–Crippen LogP) is 2.50. The highest BCUT2D eigenvalue weighted by Gasteiger charge is 2.11. The maximum atomic E-state index is 8.50. The van der Waals surface area contributed by atoms with Gasteiger partial charge in [0.05, 0.1) is 6.04 Å². The van der Waals surface area contributed by atoms with E-state index in [2.05, 4.69) is 10.3 Å². The minimum atomic E-state index is 0.431. The molecule has 0 saturated heterocycles. The van der Waals surface area contributed by atoms with Gasteiger partial charge in [0.15, 0.2) is 11.4 Å². The Morgan fingerprint density at radius 2 is 2.00 bits per heavy atom. The number of nitriles is 1. The lowest BCUT2D eigenvalue weighted by Crippen LogP contribution is -2.17. The SMILES string of the molecule is CSC(=NC1CCCCCC1)NC#N. The number of nitrogens with zero attached hydrogens (tertiary/aromatic N) is 2. The summed E-state index contributed by atoms with van der Waals surface area (Å²) in [5.41, 5.74) is 0. The fourth-order valence-corrected chi connectivity index (χ4v) is 2.14. The summed E-state index contributed by atoms with van der Waals surface area (Å²) in [6, 6.07) is 0.431. The van der Waals surface area contributed by atoms with Crippen LogP contribution in [0.4, 0.5) is 0 Å². The van der Waals surface area contributed by atoms with Crippen LogP contribution in [0.3, 0.4) is 0 Å². The quantitative estimate of drug-likeness (QED) is 0.238. The summed E-state index contributed by atoms with van der Waals surface area (Å²) in [5.74, 6) is 0. The Hall–Kier alpha value is -0.690. The highest BCUT2D eigenvalue weighted by Crippen LogP contribution is 2.20. The second kappa shape index (κ2) is 6.72. The Labute approximate surface area is 90.0 Å². The third-order valence-corrected chi connectivity index (χ3v) is 3.07. The molecule has 1 aliphatic rings. The van der Waals surface area contributed by atoms with Crippen molar-refractivity contribution < 1.29 is 0 Å². The fraction of sp³-hybridized carbons (Fsp3) is 0.800. The van der Waals surface area contributed by atoms with Gasteiger partial charge in [0, 0.05) is 0 Å². The molecular weight excluding hydrogens is 194 g/mol. The Balaban J connectivity index is 2.49.